The number of allylic oxidation sites excluding steroid dienone is 5. The number of amides is 2. The summed E-state index contributed by atoms with van der Waals surface area (Å²) in [6, 6.07) is 19.3. The molecule has 48 heavy (non-hydrogen) atoms. The lowest BCUT2D eigenvalue weighted by atomic mass is 10.2. The summed E-state index contributed by atoms with van der Waals surface area (Å²) in [4.78, 5) is 14.3. The number of hydrogen-bond donors (Lipinski definition) is 2. The van der Waals surface area contributed by atoms with Crippen molar-refractivity contribution < 1.29 is 35.9 Å². The van der Waals surface area contributed by atoms with Crippen molar-refractivity contribution in [3.05, 3.63) is 131 Å². The summed E-state index contributed by atoms with van der Waals surface area (Å²) in [6.45, 7) is 14.3. The molecule has 0 spiro atoms. The van der Waals surface area contributed by atoms with Crippen LogP contribution in [0.5, 0.6) is 0 Å². The largest absolute Gasteiger partial charge is 0.491 e. The van der Waals surface area contributed by atoms with E-state index in [-0.39, 0.29) is 12.2 Å². The van der Waals surface area contributed by atoms with Gasteiger partial charge in [-0.3, -0.25) is 4.98 Å². The minimum absolute atomic E-state index is 0.0923. The van der Waals surface area contributed by atoms with Crippen LogP contribution < -0.4 is 11.1 Å². The van der Waals surface area contributed by atoms with Crippen molar-refractivity contribution in [2.24, 2.45) is 5.73 Å². The third-order valence-corrected chi connectivity index (χ3v) is 5.46. The van der Waals surface area contributed by atoms with Gasteiger partial charge in [0.2, 0.25) is 0 Å². The number of pyridine rings is 1. The third-order valence-electron chi connectivity index (χ3n) is 5.46. The highest BCUT2D eigenvalue weighted by atomic mass is 19.3. The zero-order valence-electron chi connectivity index (χ0n) is 29.0. The van der Waals surface area contributed by atoms with E-state index in [1.807, 2.05) is 59.9 Å². The molecule has 0 radical (unpaired) electrons. The lowest BCUT2D eigenvalue weighted by molar-refractivity contribution is -0.158. The quantitative estimate of drug-likeness (QED) is 0.254. The Kier molecular flexibility index (Phi) is 25.2. The van der Waals surface area contributed by atoms with Gasteiger partial charge in [-0.25, -0.2) is 22.4 Å². The average molecular weight is 682 g/mol. The number of primary amides is 1. The Morgan fingerprint density at radius 3 is 2.02 bits per heavy atom. The first-order valence-electron chi connectivity index (χ1n) is 15.5. The molecule has 5 nitrogen and oxygen atoms in total. The highest BCUT2D eigenvalue weighted by Gasteiger charge is 2.41. The van der Waals surface area contributed by atoms with Crippen LogP contribution in [0.25, 0.3) is 0 Å². The number of carbonyl (C=O) groups is 1. The molecule has 1 heterocycles. The zero-order valence-corrected chi connectivity index (χ0v) is 29.0. The molecule has 0 atom stereocenters. The number of carbonyl (C=O) groups excluding carboxylic acids is 1. The molecule has 0 fully saturated rings. The van der Waals surface area contributed by atoms with E-state index in [9.17, 15) is 31.1 Å². The molecule has 2 aromatic carbocycles. The van der Waals surface area contributed by atoms with E-state index in [2.05, 4.69) is 52.3 Å². The monoisotopic (exact) mass is 681 g/mol. The fourth-order valence-electron chi connectivity index (χ4n) is 3.11. The minimum atomic E-state index is -4.23. The van der Waals surface area contributed by atoms with E-state index in [0.29, 0.717) is 11.3 Å². The number of ether oxygens (including phenoxy) is 1. The van der Waals surface area contributed by atoms with Crippen LogP contribution in [0.2, 0.25) is 0 Å². The summed E-state index contributed by atoms with van der Waals surface area (Å²) < 4.78 is 78.8. The number of anilines is 1. The van der Waals surface area contributed by atoms with E-state index in [0.717, 1.165) is 18.2 Å². The number of halogens is 6. The highest BCUT2D eigenvalue weighted by Crippen LogP contribution is 2.26. The van der Waals surface area contributed by atoms with Crippen molar-refractivity contribution in [1.82, 2.24) is 4.98 Å². The Morgan fingerprint density at radius 2 is 1.56 bits per heavy atom. The number of aromatic nitrogens is 1. The predicted molar refractivity (Wildman–Crippen MR) is 184 cm³/mol. The van der Waals surface area contributed by atoms with Crippen LogP contribution in [0.3, 0.4) is 0 Å². The van der Waals surface area contributed by atoms with Gasteiger partial charge in [0.1, 0.15) is 17.4 Å². The van der Waals surface area contributed by atoms with Crippen LogP contribution in [0.15, 0.2) is 108 Å². The Hall–Kier alpha value is -4.54. The van der Waals surface area contributed by atoms with Gasteiger partial charge in [0.05, 0.1) is 0 Å². The van der Waals surface area contributed by atoms with Crippen molar-refractivity contribution in [3.63, 3.8) is 0 Å². The number of nitrogens with two attached hydrogens (primary N) is 1. The molecule has 11 heteroatoms. The molecule has 1 aromatic heterocycles. The molecule has 0 aliphatic heterocycles. The van der Waals surface area contributed by atoms with Gasteiger partial charge in [0.15, 0.2) is 6.61 Å². The second-order valence-corrected chi connectivity index (χ2v) is 9.46. The first-order valence-corrected chi connectivity index (χ1v) is 15.5. The number of alkyl halides is 4. The van der Waals surface area contributed by atoms with Crippen molar-refractivity contribution in [2.45, 2.75) is 80.6 Å². The van der Waals surface area contributed by atoms with Crippen LogP contribution in [0.4, 0.5) is 36.8 Å². The lowest BCUT2D eigenvalue weighted by Crippen LogP contribution is -2.32. The summed E-state index contributed by atoms with van der Waals surface area (Å²) in [6.07, 6.45) is 2.96. The number of nitrogens with zero attached hydrogens (tertiary/aromatic N) is 1. The van der Waals surface area contributed by atoms with Gasteiger partial charge in [-0.15, -0.1) is 0 Å². The standard InChI is InChI=1S/C11H11F5O.C8H10.C7H7FN2O.C7H9N.2C2H6/c1-7-2-3-9(5-8(12)4-7)17-6-11(15,16)10(13)14;1-2-8-6-4-3-5-7-8;8-5-2-1-3-6(4-5)10-7(9)11;1-6-3-4-7(2)8-5-6;2*1-2/h2,4-5,10H,3,6H2,1H3;3-7H,2H2,1H3;1-4H,(H3,9,10,11);3-5H,1-2H3;2*1-2H3. The summed E-state index contributed by atoms with van der Waals surface area (Å²) >= 11 is 0. The zero-order chi connectivity index (χ0) is 37.1. The molecule has 2 amide bonds. The molecule has 1 aliphatic carbocycles. The molecular formula is C37H49F6N3O2. The normalized spacial score (nSPS) is 11.5. The second kappa shape index (κ2) is 26.5. The van der Waals surface area contributed by atoms with E-state index < -0.39 is 36.6 Å². The maximum absolute atomic E-state index is 13.1. The first-order chi connectivity index (χ1) is 22.7. The Morgan fingerprint density at radius 1 is 0.938 bits per heavy atom. The molecule has 4 rings (SSSR count). The van der Waals surface area contributed by atoms with E-state index in [1.165, 1.54) is 35.4 Å². The van der Waals surface area contributed by atoms with Crippen LogP contribution in [0.1, 0.15) is 64.8 Å². The first kappa shape index (κ1) is 45.6. The number of hydrogen-bond acceptors (Lipinski definition) is 3. The molecule has 266 valence electrons. The van der Waals surface area contributed by atoms with Gasteiger partial charge in [0, 0.05) is 30.1 Å². The predicted octanol–water partition coefficient (Wildman–Crippen LogP) is 11.3. The molecule has 1 aliphatic rings. The van der Waals surface area contributed by atoms with Gasteiger partial charge < -0.3 is 15.8 Å². The van der Waals surface area contributed by atoms with E-state index in [4.69, 9.17) is 5.73 Å². The van der Waals surface area contributed by atoms with Crippen molar-refractivity contribution in [2.75, 3.05) is 11.9 Å². The summed E-state index contributed by atoms with van der Waals surface area (Å²) in [5, 5.41) is 2.24. The Bertz CT molecular complexity index is 1360. The highest BCUT2D eigenvalue weighted by molar-refractivity contribution is 5.87. The fourth-order valence-corrected chi connectivity index (χ4v) is 3.11. The van der Waals surface area contributed by atoms with Gasteiger partial charge in [-0.05, 0) is 68.7 Å². The van der Waals surface area contributed by atoms with Crippen LogP contribution in [0, 0.1) is 19.7 Å². The summed E-state index contributed by atoms with van der Waals surface area (Å²) in [7, 11) is 0. The van der Waals surface area contributed by atoms with Gasteiger partial charge in [0.25, 0.3) is 0 Å². The maximum atomic E-state index is 13.1. The SMILES string of the molecule is CC.CC.CC1=CCC(OCC(F)(F)C(F)F)=CC(F)=C1.CCc1ccccc1.Cc1ccc(C)nc1.NC(=O)Nc1cccc(F)c1. The van der Waals surface area contributed by atoms with E-state index in [1.54, 1.807) is 19.1 Å². The van der Waals surface area contributed by atoms with Crippen molar-refractivity contribution in [1.29, 1.82) is 0 Å². The number of nitrogens with one attached hydrogen (secondary N) is 1. The summed E-state index contributed by atoms with van der Waals surface area (Å²) in [5.41, 5.74) is 9.48. The van der Waals surface area contributed by atoms with Crippen LogP contribution in [-0.4, -0.2) is 30.0 Å². The van der Waals surface area contributed by atoms with Gasteiger partial charge in [-0.2, -0.15) is 8.78 Å². The Labute approximate surface area is 281 Å². The lowest BCUT2D eigenvalue weighted by Gasteiger charge is -2.16. The third kappa shape index (κ3) is 22.9. The van der Waals surface area contributed by atoms with Gasteiger partial charge >= 0.3 is 18.4 Å². The topological polar surface area (TPSA) is 77.2 Å². The number of aryl methyl sites for hydroxylation is 3. The molecule has 3 aromatic rings. The molecule has 3 N–H and O–H groups in total. The number of benzene rings is 2. The molecule has 0 unspecified atom stereocenters. The van der Waals surface area contributed by atoms with Crippen molar-refractivity contribution >= 4 is 11.7 Å². The summed E-state index contributed by atoms with van der Waals surface area (Å²) in [5.74, 6) is -5.40. The van der Waals surface area contributed by atoms with Crippen molar-refractivity contribution in [3.8, 4) is 0 Å². The molecular weight excluding hydrogens is 632 g/mol. The van der Waals surface area contributed by atoms with Crippen LogP contribution >= 0.6 is 0 Å². The second-order valence-electron chi connectivity index (χ2n) is 9.46. The smallest absolute Gasteiger partial charge is 0.340 e. The number of rotatable bonds is 6. The molecule has 0 saturated carbocycles. The average Bonchev–Trinajstić information content (AvgIpc) is 3.23. The minimum Gasteiger partial charge on any atom is -0.491 e. The van der Waals surface area contributed by atoms with Crippen LogP contribution in [-0.2, 0) is 11.2 Å². The maximum Gasteiger partial charge on any atom is 0.340 e. The van der Waals surface area contributed by atoms with Gasteiger partial charge in [-0.1, -0.05) is 88.7 Å². The molecule has 0 bridgehead atoms. The Balaban J connectivity index is 0. The van der Waals surface area contributed by atoms with E-state index >= 15 is 0 Å². The number of urea groups is 1. The molecule has 0 saturated heterocycles. The fraction of sp³-hybridized carbons (Fsp3) is 0.351.